The average molecular weight is 275 g/mol. The Morgan fingerprint density at radius 2 is 1.71 bits per heavy atom. The van der Waals surface area contributed by atoms with Gasteiger partial charge in [-0.15, -0.1) is 0 Å². The number of benzene rings is 2. The summed E-state index contributed by atoms with van der Waals surface area (Å²) in [5.74, 6) is -0.232. The second-order valence-corrected chi connectivity index (χ2v) is 4.62. The molecule has 0 aliphatic carbocycles. The lowest BCUT2D eigenvalue weighted by Crippen LogP contribution is -2.26. The molecule has 0 bridgehead atoms. The Balaban J connectivity index is 2.11. The van der Waals surface area contributed by atoms with Crippen molar-refractivity contribution in [2.45, 2.75) is 13.0 Å². The maximum atomic E-state index is 12.1. The maximum absolute atomic E-state index is 12.1. The molecule has 2 aromatic rings. The van der Waals surface area contributed by atoms with Crippen LogP contribution in [0.1, 0.15) is 40.0 Å². The SMILES string of the molecule is CC(NC(=O)c1cccc(C#N)c1)c1ccc(C#N)cc1. The van der Waals surface area contributed by atoms with Gasteiger partial charge >= 0.3 is 0 Å². The molecule has 21 heavy (non-hydrogen) atoms. The summed E-state index contributed by atoms with van der Waals surface area (Å²) in [6.07, 6.45) is 0. The molecule has 1 amide bonds. The first-order valence-corrected chi connectivity index (χ1v) is 6.45. The summed E-state index contributed by atoms with van der Waals surface area (Å²) in [4.78, 5) is 12.1. The molecule has 0 saturated carbocycles. The number of carbonyl (C=O) groups is 1. The largest absolute Gasteiger partial charge is 0.346 e. The van der Waals surface area contributed by atoms with Crippen LogP contribution in [0, 0.1) is 22.7 Å². The van der Waals surface area contributed by atoms with Gasteiger partial charge in [-0.05, 0) is 42.8 Å². The van der Waals surface area contributed by atoms with Crippen molar-refractivity contribution in [3.8, 4) is 12.1 Å². The Bertz CT molecular complexity index is 736. The van der Waals surface area contributed by atoms with Crippen molar-refractivity contribution in [1.82, 2.24) is 5.32 Å². The zero-order valence-corrected chi connectivity index (χ0v) is 11.5. The number of amides is 1. The van der Waals surface area contributed by atoms with Crippen LogP contribution in [0.3, 0.4) is 0 Å². The quantitative estimate of drug-likeness (QED) is 0.935. The van der Waals surface area contributed by atoms with Crippen molar-refractivity contribution in [3.05, 3.63) is 70.8 Å². The first-order chi connectivity index (χ1) is 10.1. The van der Waals surface area contributed by atoms with Gasteiger partial charge in [-0.1, -0.05) is 18.2 Å². The molecule has 0 fully saturated rings. The Labute approximate surface area is 123 Å². The highest BCUT2D eigenvalue weighted by Gasteiger charge is 2.11. The number of hydrogen-bond donors (Lipinski definition) is 1. The lowest BCUT2D eigenvalue weighted by Gasteiger charge is -2.14. The molecule has 1 atom stereocenters. The molecule has 2 aromatic carbocycles. The van der Waals surface area contributed by atoms with E-state index in [4.69, 9.17) is 10.5 Å². The van der Waals surface area contributed by atoms with Gasteiger partial charge in [-0.3, -0.25) is 4.79 Å². The smallest absolute Gasteiger partial charge is 0.251 e. The van der Waals surface area contributed by atoms with E-state index in [2.05, 4.69) is 11.4 Å². The van der Waals surface area contributed by atoms with Gasteiger partial charge in [0.2, 0.25) is 0 Å². The van der Waals surface area contributed by atoms with Crippen LogP contribution in [0.2, 0.25) is 0 Å². The number of carbonyl (C=O) groups excluding carboxylic acids is 1. The maximum Gasteiger partial charge on any atom is 0.251 e. The van der Waals surface area contributed by atoms with Crippen LogP contribution in [0.5, 0.6) is 0 Å². The Kier molecular flexibility index (Phi) is 4.33. The standard InChI is InChI=1S/C17H13N3O/c1-12(15-7-5-13(10-18)6-8-15)20-17(21)16-4-2-3-14(9-16)11-19/h2-9,12H,1H3,(H,20,21). The molecule has 0 heterocycles. The predicted octanol–water partition coefficient (Wildman–Crippen LogP) is 2.92. The fraction of sp³-hybridized carbons (Fsp3) is 0.118. The zero-order valence-electron chi connectivity index (χ0n) is 11.5. The normalized spacial score (nSPS) is 11.0. The number of rotatable bonds is 3. The number of nitriles is 2. The van der Waals surface area contributed by atoms with Crippen molar-refractivity contribution in [2.75, 3.05) is 0 Å². The van der Waals surface area contributed by atoms with Gasteiger partial charge in [0.15, 0.2) is 0 Å². The average Bonchev–Trinajstić information content (AvgIpc) is 2.54. The minimum Gasteiger partial charge on any atom is -0.346 e. The van der Waals surface area contributed by atoms with Crippen LogP contribution < -0.4 is 5.32 Å². The molecule has 0 saturated heterocycles. The molecular weight excluding hydrogens is 262 g/mol. The minimum atomic E-state index is -0.232. The number of nitrogens with one attached hydrogen (secondary N) is 1. The van der Waals surface area contributed by atoms with E-state index in [1.807, 2.05) is 25.1 Å². The number of hydrogen-bond acceptors (Lipinski definition) is 3. The molecule has 0 aromatic heterocycles. The molecule has 0 spiro atoms. The Hall–Kier alpha value is -3.11. The van der Waals surface area contributed by atoms with Crippen LogP contribution in [0.15, 0.2) is 48.5 Å². The third kappa shape index (κ3) is 3.46. The molecule has 2 rings (SSSR count). The summed E-state index contributed by atoms with van der Waals surface area (Å²) in [6, 6.07) is 17.5. The zero-order chi connectivity index (χ0) is 15.2. The van der Waals surface area contributed by atoms with Crippen molar-refractivity contribution in [3.63, 3.8) is 0 Å². The van der Waals surface area contributed by atoms with Crippen molar-refractivity contribution >= 4 is 5.91 Å². The van der Waals surface area contributed by atoms with Gasteiger partial charge in [0.1, 0.15) is 0 Å². The van der Waals surface area contributed by atoms with E-state index < -0.39 is 0 Å². The summed E-state index contributed by atoms with van der Waals surface area (Å²) in [5.41, 5.74) is 2.40. The summed E-state index contributed by atoms with van der Waals surface area (Å²) in [7, 11) is 0. The molecule has 0 aliphatic rings. The summed E-state index contributed by atoms with van der Waals surface area (Å²) >= 11 is 0. The highest BCUT2D eigenvalue weighted by molar-refractivity contribution is 5.94. The van der Waals surface area contributed by atoms with E-state index in [1.54, 1.807) is 36.4 Å². The first kappa shape index (κ1) is 14.3. The molecule has 4 heteroatoms. The van der Waals surface area contributed by atoms with Crippen LogP contribution >= 0.6 is 0 Å². The first-order valence-electron chi connectivity index (χ1n) is 6.45. The molecular formula is C17H13N3O. The number of nitrogens with zero attached hydrogens (tertiary/aromatic N) is 2. The van der Waals surface area contributed by atoms with Crippen LogP contribution in [0.4, 0.5) is 0 Å². The van der Waals surface area contributed by atoms with E-state index >= 15 is 0 Å². The van der Waals surface area contributed by atoms with Gasteiger partial charge in [0, 0.05) is 5.56 Å². The molecule has 4 nitrogen and oxygen atoms in total. The van der Waals surface area contributed by atoms with Gasteiger partial charge in [-0.2, -0.15) is 10.5 Å². The summed E-state index contributed by atoms with van der Waals surface area (Å²) in [6.45, 7) is 1.87. The fourth-order valence-electron chi connectivity index (χ4n) is 1.94. The second-order valence-electron chi connectivity index (χ2n) is 4.62. The van der Waals surface area contributed by atoms with Crippen molar-refractivity contribution in [2.24, 2.45) is 0 Å². The van der Waals surface area contributed by atoms with Gasteiger partial charge in [0.05, 0.1) is 29.3 Å². The molecule has 102 valence electrons. The fourth-order valence-corrected chi connectivity index (χ4v) is 1.94. The Morgan fingerprint density at radius 3 is 2.33 bits per heavy atom. The van der Waals surface area contributed by atoms with Gasteiger partial charge < -0.3 is 5.32 Å². The molecule has 0 aliphatic heterocycles. The van der Waals surface area contributed by atoms with Gasteiger partial charge in [-0.25, -0.2) is 0 Å². The highest BCUT2D eigenvalue weighted by atomic mass is 16.1. The topological polar surface area (TPSA) is 76.7 Å². The summed E-state index contributed by atoms with van der Waals surface area (Å²) < 4.78 is 0. The van der Waals surface area contributed by atoms with Crippen LogP contribution in [0.25, 0.3) is 0 Å². The second kappa shape index (κ2) is 6.36. The third-order valence-corrected chi connectivity index (χ3v) is 3.14. The lowest BCUT2D eigenvalue weighted by atomic mass is 10.1. The van der Waals surface area contributed by atoms with Gasteiger partial charge in [0.25, 0.3) is 5.91 Å². The van der Waals surface area contributed by atoms with Crippen molar-refractivity contribution < 1.29 is 4.79 Å². The van der Waals surface area contributed by atoms with Crippen LogP contribution in [-0.4, -0.2) is 5.91 Å². The lowest BCUT2D eigenvalue weighted by molar-refractivity contribution is 0.0940. The molecule has 0 radical (unpaired) electrons. The van der Waals surface area contributed by atoms with E-state index in [-0.39, 0.29) is 11.9 Å². The van der Waals surface area contributed by atoms with E-state index in [1.165, 1.54) is 0 Å². The minimum absolute atomic E-state index is 0.184. The molecule has 1 unspecified atom stereocenters. The molecule has 1 N–H and O–H groups in total. The van der Waals surface area contributed by atoms with Crippen LogP contribution in [-0.2, 0) is 0 Å². The monoisotopic (exact) mass is 275 g/mol. The highest BCUT2D eigenvalue weighted by Crippen LogP contribution is 2.14. The predicted molar refractivity (Wildman–Crippen MR) is 78.2 cm³/mol. The summed E-state index contributed by atoms with van der Waals surface area (Å²) in [5, 5.41) is 20.5. The Morgan fingerprint density at radius 1 is 1.05 bits per heavy atom. The van der Waals surface area contributed by atoms with E-state index in [9.17, 15) is 4.79 Å². The third-order valence-electron chi connectivity index (χ3n) is 3.14. The van der Waals surface area contributed by atoms with E-state index in [0.717, 1.165) is 5.56 Å². The van der Waals surface area contributed by atoms with Crippen molar-refractivity contribution in [1.29, 1.82) is 10.5 Å². The van der Waals surface area contributed by atoms with E-state index in [0.29, 0.717) is 16.7 Å².